The fourth-order valence-electron chi connectivity index (χ4n) is 1.50. The number of carboxylic acids is 1. The molecule has 3 amide bonds. The number of carboxylic acid groups (broad SMARTS) is 1. The molecule has 0 spiro atoms. The monoisotopic (exact) mass is 273 g/mol. The van der Waals surface area contributed by atoms with E-state index in [1.807, 2.05) is 6.92 Å². The van der Waals surface area contributed by atoms with Gasteiger partial charge in [-0.1, -0.05) is 20.3 Å². The van der Waals surface area contributed by atoms with Crippen molar-refractivity contribution >= 4 is 17.9 Å². The van der Waals surface area contributed by atoms with Crippen LogP contribution in [0.4, 0.5) is 4.79 Å². The predicted molar refractivity (Wildman–Crippen MR) is 70.5 cm³/mol. The number of amides is 3. The summed E-state index contributed by atoms with van der Waals surface area (Å²) in [4.78, 5) is 33.0. The van der Waals surface area contributed by atoms with E-state index in [4.69, 9.17) is 10.8 Å². The SMILES string of the molecule is CCC(C)C(NC(=O)NCCCCC(N)=O)C(=O)O. The third-order valence-corrected chi connectivity index (χ3v) is 2.90. The number of primary amides is 1. The van der Waals surface area contributed by atoms with Gasteiger partial charge in [0.25, 0.3) is 0 Å². The van der Waals surface area contributed by atoms with E-state index in [0.29, 0.717) is 25.8 Å². The Hall–Kier alpha value is -1.79. The molecule has 0 saturated carbocycles. The van der Waals surface area contributed by atoms with E-state index in [-0.39, 0.29) is 18.2 Å². The Labute approximate surface area is 112 Å². The molecule has 0 aliphatic carbocycles. The Morgan fingerprint density at radius 1 is 1.26 bits per heavy atom. The highest BCUT2D eigenvalue weighted by atomic mass is 16.4. The van der Waals surface area contributed by atoms with Gasteiger partial charge in [0.1, 0.15) is 6.04 Å². The first-order chi connectivity index (χ1) is 8.88. The molecule has 7 nitrogen and oxygen atoms in total. The van der Waals surface area contributed by atoms with Crippen LogP contribution in [0.2, 0.25) is 0 Å². The highest BCUT2D eigenvalue weighted by molar-refractivity contribution is 5.82. The first kappa shape index (κ1) is 17.2. The Kier molecular flexibility index (Phi) is 8.32. The minimum Gasteiger partial charge on any atom is -0.480 e. The number of rotatable bonds is 9. The third kappa shape index (κ3) is 8.01. The number of unbranched alkanes of at least 4 members (excludes halogenated alkanes) is 1. The molecule has 0 rings (SSSR count). The lowest BCUT2D eigenvalue weighted by molar-refractivity contribution is -0.140. The van der Waals surface area contributed by atoms with Crippen LogP contribution in [0.1, 0.15) is 39.5 Å². The summed E-state index contributed by atoms with van der Waals surface area (Å²) in [6.07, 6.45) is 2.17. The van der Waals surface area contributed by atoms with Crippen LogP contribution < -0.4 is 16.4 Å². The highest BCUT2D eigenvalue weighted by Gasteiger charge is 2.24. The largest absolute Gasteiger partial charge is 0.480 e. The maximum atomic E-state index is 11.5. The van der Waals surface area contributed by atoms with E-state index < -0.39 is 18.0 Å². The fourth-order valence-corrected chi connectivity index (χ4v) is 1.50. The van der Waals surface area contributed by atoms with Crippen LogP contribution >= 0.6 is 0 Å². The summed E-state index contributed by atoms with van der Waals surface area (Å²) in [5, 5.41) is 14.0. The summed E-state index contributed by atoms with van der Waals surface area (Å²) in [7, 11) is 0. The minimum atomic E-state index is -1.04. The van der Waals surface area contributed by atoms with Crippen LogP contribution in [0.25, 0.3) is 0 Å². The Morgan fingerprint density at radius 2 is 1.89 bits per heavy atom. The number of hydrogen-bond donors (Lipinski definition) is 4. The van der Waals surface area contributed by atoms with Crippen LogP contribution in [-0.2, 0) is 9.59 Å². The number of urea groups is 1. The van der Waals surface area contributed by atoms with Crippen molar-refractivity contribution in [1.29, 1.82) is 0 Å². The molecule has 2 atom stereocenters. The van der Waals surface area contributed by atoms with E-state index in [9.17, 15) is 14.4 Å². The zero-order chi connectivity index (χ0) is 14.8. The molecule has 0 saturated heterocycles. The average Bonchev–Trinajstić information content (AvgIpc) is 2.33. The van der Waals surface area contributed by atoms with Crippen molar-refractivity contribution in [2.24, 2.45) is 11.7 Å². The molecule has 0 aliphatic heterocycles. The number of nitrogens with two attached hydrogens (primary N) is 1. The van der Waals surface area contributed by atoms with E-state index >= 15 is 0 Å². The van der Waals surface area contributed by atoms with Crippen molar-refractivity contribution in [1.82, 2.24) is 10.6 Å². The summed E-state index contributed by atoms with van der Waals surface area (Å²) >= 11 is 0. The van der Waals surface area contributed by atoms with Gasteiger partial charge < -0.3 is 21.5 Å². The second-order valence-electron chi connectivity index (χ2n) is 4.53. The molecule has 0 aliphatic rings. The molecule has 2 unspecified atom stereocenters. The predicted octanol–water partition coefficient (Wildman–Crippen LogP) is 0.441. The van der Waals surface area contributed by atoms with Crippen LogP contribution in [0.5, 0.6) is 0 Å². The van der Waals surface area contributed by atoms with Crippen molar-refractivity contribution in [2.75, 3.05) is 6.54 Å². The second kappa shape index (κ2) is 9.18. The molecule has 0 aromatic carbocycles. The van der Waals surface area contributed by atoms with Gasteiger partial charge in [0.2, 0.25) is 5.91 Å². The van der Waals surface area contributed by atoms with Gasteiger partial charge in [0, 0.05) is 13.0 Å². The van der Waals surface area contributed by atoms with Crippen molar-refractivity contribution in [3.8, 4) is 0 Å². The highest BCUT2D eigenvalue weighted by Crippen LogP contribution is 2.07. The summed E-state index contributed by atoms with van der Waals surface area (Å²) in [5.41, 5.74) is 4.98. The molecular weight excluding hydrogens is 250 g/mol. The number of carbonyl (C=O) groups excluding carboxylic acids is 2. The van der Waals surface area contributed by atoms with Gasteiger partial charge >= 0.3 is 12.0 Å². The fraction of sp³-hybridized carbons (Fsp3) is 0.750. The Bertz CT molecular complexity index is 320. The quantitative estimate of drug-likeness (QED) is 0.455. The van der Waals surface area contributed by atoms with E-state index in [0.717, 1.165) is 0 Å². The second-order valence-corrected chi connectivity index (χ2v) is 4.53. The van der Waals surface area contributed by atoms with Crippen molar-refractivity contribution in [3.63, 3.8) is 0 Å². The number of aliphatic carboxylic acids is 1. The van der Waals surface area contributed by atoms with Crippen LogP contribution in [0, 0.1) is 5.92 Å². The van der Waals surface area contributed by atoms with Gasteiger partial charge in [-0.05, 0) is 18.8 Å². The minimum absolute atomic E-state index is 0.141. The molecule has 110 valence electrons. The smallest absolute Gasteiger partial charge is 0.326 e. The lowest BCUT2D eigenvalue weighted by atomic mass is 9.99. The maximum Gasteiger partial charge on any atom is 0.326 e. The molecule has 0 aromatic rings. The normalized spacial score (nSPS) is 13.4. The summed E-state index contributed by atoms with van der Waals surface area (Å²) < 4.78 is 0. The first-order valence-electron chi connectivity index (χ1n) is 6.44. The van der Waals surface area contributed by atoms with E-state index in [1.165, 1.54) is 0 Å². The molecule has 0 heterocycles. The molecule has 0 fully saturated rings. The van der Waals surface area contributed by atoms with E-state index in [1.54, 1.807) is 6.92 Å². The number of carbonyl (C=O) groups is 3. The Balaban J connectivity index is 3.94. The molecular formula is C12H23N3O4. The summed E-state index contributed by atoms with van der Waals surface area (Å²) in [5.74, 6) is -1.55. The molecule has 0 radical (unpaired) electrons. The zero-order valence-electron chi connectivity index (χ0n) is 11.4. The molecule has 0 aromatic heterocycles. The van der Waals surface area contributed by atoms with Crippen LogP contribution in [0.3, 0.4) is 0 Å². The first-order valence-corrected chi connectivity index (χ1v) is 6.44. The van der Waals surface area contributed by atoms with E-state index in [2.05, 4.69) is 10.6 Å². The lowest BCUT2D eigenvalue weighted by Crippen LogP contribution is -2.49. The third-order valence-electron chi connectivity index (χ3n) is 2.90. The van der Waals surface area contributed by atoms with Gasteiger partial charge in [-0.2, -0.15) is 0 Å². The lowest BCUT2D eigenvalue weighted by Gasteiger charge is -2.20. The van der Waals surface area contributed by atoms with Crippen LogP contribution in [0.15, 0.2) is 0 Å². The molecule has 7 heteroatoms. The molecule has 5 N–H and O–H groups in total. The topological polar surface area (TPSA) is 122 Å². The van der Waals surface area contributed by atoms with Gasteiger partial charge in [-0.15, -0.1) is 0 Å². The van der Waals surface area contributed by atoms with Gasteiger partial charge in [-0.25, -0.2) is 9.59 Å². The number of hydrogen-bond acceptors (Lipinski definition) is 3. The zero-order valence-corrected chi connectivity index (χ0v) is 11.4. The maximum absolute atomic E-state index is 11.5. The van der Waals surface area contributed by atoms with Crippen molar-refractivity contribution in [3.05, 3.63) is 0 Å². The van der Waals surface area contributed by atoms with Crippen LogP contribution in [-0.4, -0.2) is 35.6 Å². The summed E-state index contributed by atoms with van der Waals surface area (Å²) in [6.45, 7) is 4.02. The van der Waals surface area contributed by atoms with Gasteiger partial charge in [0.05, 0.1) is 0 Å². The average molecular weight is 273 g/mol. The standard InChI is InChI=1S/C12H23N3O4/c1-3-8(2)10(11(17)18)15-12(19)14-7-5-4-6-9(13)16/h8,10H,3-7H2,1-2H3,(H2,13,16)(H,17,18)(H2,14,15,19). The van der Waals surface area contributed by atoms with Gasteiger partial charge in [-0.3, -0.25) is 4.79 Å². The number of nitrogens with one attached hydrogen (secondary N) is 2. The Morgan fingerprint density at radius 3 is 2.37 bits per heavy atom. The summed E-state index contributed by atoms with van der Waals surface area (Å²) in [6, 6.07) is -1.40. The van der Waals surface area contributed by atoms with Crippen molar-refractivity contribution in [2.45, 2.75) is 45.6 Å². The van der Waals surface area contributed by atoms with Gasteiger partial charge in [0.15, 0.2) is 0 Å². The molecule has 19 heavy (non-hydrogen) atoms. The molecule has 0 bridgehead atoms. The van der Waals surface area contributed by atoms with Crippen molar-refractivity contribution < 1.29 is 19.5 Å².